The van der Waals surface area contributed by atoms with Crippen molar-refractivity contribution in [3.05, 3.63) is 29.3 Å². The quantitative estimate of drug-likeness (QED) is 0.814. The van der Waals surface area contributed by atoms with Crippen LogP contribution in [-0.4, -0.2) is 30.3 Å². The maximum Gasteiger partial charge on any atom is 0.223 e. The number of benzene rings is 1. The Balaban J connectivity index is 2.29. The van der Waals surface area contributed by atoms with Crippen LogP contribution in [0.3, 0.4) is 0 Å². The molecule has 0 aliphatic rings. The first kappa shape index (κ1) is 13.8. The summed E-state index contributed by atoms with van der Waals surface area (Å²) in [5.41, 5.74) is 0. The van der Waals surface area contributed by atoms with Crippen molar-refractivity contribution in [2.45, 2.75) is 19.4 Å². The van der Waals surface area contributed by atoms with E-state index >= 15 is 0 Å². The fraction of sp³-hybridized carbons (Fsp3) is 0.417. The molecule has 0 unspecified atom stereocenters. The molecule has 4 nitrogen and oxygen atoms in total. The Morgan fingerprint density at radius 3 is 2.88 bits per heavy atom. The van der Waals surface area contributed by atoms with Gasteiger partial charge < -0.3 is 15.2 Å². The normalized spacial score (nSPS) is 11.9. The largest absolute Gasteiger partial charge is 0.491 e. The van der Waals surface area contributed by atoms with Gasteiger partial charge in [0.2, 0.25) is 5.91 Å². The van der Waals surface area contributed by atoms with Crippen molar-refractivity contribution < 1.29 is 14.6 Å². The van der Waals surface area contributed by atoms with Gasteiger partial charge in [-0.1, -0.05) is 23.7 Å². The van der Waals surface area contributed by atoms with Crippen molar-refractivity contribution >= 4 is 17.5 Å². The van der Waals surface area contributed by atoms with Gasteiger partial charge in [-0.2, -0.15) is 0 Å². The Hall–Kier alpha value is -1.26. The van der Waals surface area contributed by atoms with Crippen molar-refractivity contribution in [3.8, 4) is 5.75 Å². The fourth-order valence-corrected chi connectivity index (χ4v) is 1.40. The maximum atomic E-state index is 11.4. The maximum absolute atomic E-state index is 11.4. The van der Waals surface area contributed by atoms with E-state index in [4.69, 9.17) is 21.4 Å². The summed E-state index contributed by atoms with van der Waals surface area (Å²) in [5, 5.41) is 11.9. The Kier molecular flexibility index (Phi) is 5.80. The van der Waals surface area contributed by atoms with Crippen LogP contribution in [0.2, 0.25) is 5.02 Å². The first-order valence-corrected chi connectivity index (χ1v) is 5.79. The highest BCUT2D eigenvalue weighted by atomic mass is 35.5. The molecule has 0 fully saturated rings. The number of nitrogens with one attached hydrogen (secondary N) is 1. The Labute approximate surface area is 106 Å². The molecule has 0 saturated heterocycles. The minimum absolute atomic E-state index is 0.0723. The van der Waals surface area contributed by atoms with Crippen molar-refractivity contribution in [2.24, 2.45) is 0 Å². The summed E-state index contributed by atoms with van der Waals surface area (Å²) in [7, 11) is 0. The Morgan fingerprint density at radius 1 is 1.53 bits per heavy atom. The second-order valence-corrected chi connectivity index (χ2v) is 4.09. The monoisotopic (exact) mass is 257 g/mol. The molecule has 0 aromatic heterocycles. The molecule has 1 atom stereocenters. The minimum atomic E-state index is -0.234. The lowest BCUT2D eigenvalue weighted by atomic mass is 10.3. The van der Waals surface area contributed by atoms with E-state index < -0.39 is 0 Å². The van der Waals surface area contributed by atoms with Crippen LogP contribution in [0.1, 0.15) is 13.3 Å². The predicted octanol–water partition coefficient (Wildman–Crippen LogP) is 1.61. The molecule has 1 amide bonds. The van der Waals surface area contributed by atoms with E-state index in [0.29, 0.717) is 10.8 Å². The summed E-state index contributed by atoms with van der Waals surface area (Å²) in [6.07, 6.45) is 0.232. The lowest BCUT2D eigenvalue weighted by Gasteiger charge is -2.11. The predicted molar refractivity (Wildman–Crippen MR) is 66.3 cm³/mol. The number of halogens is 1. The number of carbonyl (C=O) groups excluding carboxylic acids is 1. The van der Waals surface area contributed by atoms with Crippen molar-refractivity contribution in [3.63, 3.8) is 0 Å². The molecule has 0 bridgehead atoms. The molecule has 0 aliphatic heterocycles. The molecule has 0 spiro atoms. The van der Waals surface area contributed by atoms with Gasteiger partial charge in [0.05, 0.1) is 24.7 Å². The van der Waals surface area contributed by atoms with E-state index in [-0.39, 0.29) is 31.6 Å². The van der Waals surface area contributed by atoms with Gasteiger partial charge in [0.25, 0.3) is 0 Å². The summed E-state index contributed by atoms with van der Waals surface area (Å²) >= 11 is 5.89. The van der Waals surface area contributed by atoms with Crippen LogP contribution in [0.4, 0.5) is 0 Å². The summed E-state index contributed by atoms with van der Waals surface area (Å²) in [4.78, 5) is 11.4. The summed E-state index contributed by atoms with van der Waals surface area (Å²) < 4.78 is 5.37. The van der Waals surface area contributed by atoms with Gasteiger partial charge in [0.15, 0.2) is 0 Å². The highest BCUT2D eigenvalue weighted by Crippen LogP contribution is 2.22. The van der Waals surface area contributed by atoms with E-state index in [1.807, 2.05) is 12.1 Å². The van der Waals surface area contributed by atoms with Crippen LogP contribution in [0.15, 0.2) is 24.3 Å². The number of rotatable bonds is 6. The van der Waals surface area contributed by atoms with Crippen molar-refractivity contribution in [2.75, 3.05) is 13.2 Å². The van der Waals surface area contributed by atoms with Gasteiger partial charge in [0, 0.05) is 6.04 Å². The average molecular weight is 258 g/mol. The SMILES string of the molecule is C[C@@H](CO)NC(=O)CCOc1ccccc1Cl. The van der Waals surface area contributed by atoms with Crippen LogP contribution in [0, 0.1) is 0 Å². The molecule has 1 aromatic carbocycles. The third-order valence-electron chi connectivity index (χ3n) is 2.10. The zero-order valence-electron chi connectivity index (χ0n) is 9.65. The first-order chi connectivity index (χ1) is 8.13. The first-order valence-electron chi connectivity index (χ1n) is 5.41. The molecule has 94 valence electrons. The number of aliphatic hydroxyl groups is 1. The number of amides is 1. The second-order valence-electron chi connectivity index (χ2n) is 3.68. The molecule has 0 heterocycles. The molecule has 0 radical (unpaired) electrons. The molecular weight excluding hydrogens is 242 g/mol. The van der Waals surface area contributed by atoms with Gasteiger partial charge in [0.1, 0.15) is 5.75 Å². The summed E-state index contributed by atoms with van der Waals surface area (Å²) in [5.74, 6) is 0.413. The number of ether oxygens (including phenoxy) is 1. The molecular formula is C12H16ClNO3. The van der Waals surface area contributed by atoms with Gasteiger partial charge in [-0.15, -0.1) is 0 Å². The van der Waals surface area contributed by atoms with Crippen molar-refractivity contribution in [1.29, 1.82) is 0 Å². The Morgan fingerprint density at radius 2 is 2.24 bits per heavy atom. The summed E-state index contributed by atoms with van der Waals surface area (Å²) in [6.45, 7) is 1.91. The molecule has 5 heteroatoms. The topological polar surface area (TPSA) is 58.6 Å². The van der Waals surface area contributed by atoms with Crippen LogP contribution < -0.4 is 10.1 Å². The second kappa shape index (κ2) is 7.14. The fourth-order valence-electron chi connectivity index (χ4n) is 1.21. The Bertz CT molecular complexity index is 371. The third kappa shape index (κ3) is 5.06. The smallest absolute Gasteiger partial charge is 0.223 e. The number of hydrogen-bond donors (Lipinski definition) is 2. The number of para-hydroxylation sites is 1. The molecule has 17 heavy (non-hydrogen) atoms. The zero-order chi connectivity index (χ0) is 12.7. The van der Waals surface area contributed by atoms with Gasteiger partial charge in [-0.3, -0.25) is 4.79 Å². The van der Waals surface area contributed by atoms with Crippen molar-refractivity contribution in [1.82, 2.24) is 5.32 Å². The molecule has 1 aromatic rings. The number of carbonyl (C=O) groups is 1. The van der Waals surface area contributed by atoms with E-state index in [1.54, 1.807) is 19.1 Å². The van der Waals surface area contributed by atoms with Crippen LogP contribution in [0.5, 0.6) is 5.75 Å². The van der Waals surface area contributed by atoms with E-state index in [9.17, 15) is 4.79 Å². The molecule has 0 saturated carbocycles. The third-order valence-corrected chi connectivity index (χ3v) is 2.42. The lowest BCUT2D eigenvalue weighted by molar-refractivity contribution is -0.122. The number of aliphatic hydroxyl groups excluding tert-OH is 1. The van der Waals surface area contributed by atoms with Gasteiger partial charge in [-0.25, -0.2) is 0 Å². The van der Waals surface area contributed by atoms with E-state index in [2.05, 4.69) is 5.32 Å². The molecule has 2 N–H and O–H groups in total. The minimum Gasteiger partial charge on any atom is -0.491 e. The highest BCUT2D eigenvalue weighted by Gasteiger charge is 2.06. The standard InChI is InChI=1S/C12H16ClNO3/c1-9(8-15)14-12(16)6-7-17-11-5-3-2-4-10(11)13/h2-5,9,15H,6-8H2,1H3,(H,14,16)/t9-/m0/s1. The van der Waals surface area contributed by atoms with Gasteiger partial charge in [-0.05, 0) is 19.1 Å². The van der Waals surface area contributed by atoms with E-state index in [1.165, 1.54) is 0 Å². The lowest BCUT2D eigenvalue weighted by Crippen LogP contribution is -2.35. The highest BCUT2D eigenvalue weighted by molar-refractivity contribution is 6.32. The van der Waals surface area contributed by atoms with Crippen LogP contribution in [-0.2, 0) is 4.79 Å². The van der Waals surface area contributed by atoms with E-state index in [0.717, 1.165) is 0 Å². The van der Waals surface area contributed by atoms with Crippen LogP contribution >= 0.6 is 11.6 Å². The molecule has 0 aliphatic carbocycles. The van der Waals surface area contributed by atoms with Gasteiger partial charge >= 0.3 is 0 Å². The number of hydrogen-bond acceptors (Lipinski definition) is 3. The van der Waals surface area contributed by atoms with Crippen LogP contribution in [0.25, 0.3) is 0 Å². The average Bonchev–Trinajstić information content (AvgIpc) is 2.31. The summed E-state index contributed by atoms with van der Waals surface area (Å²) in [6, 6.07) is 6.87. The molecule has 1 rings (SSSR count). The zero-order valence-corrected chi connectivity index (χ0v) is 10.4.